The van der Waals surface area contributed by atoms with Crippen LogP contribution in [0.25, 0.3) is 10.4 Å². The van der Waals surface area contributed by atoms with Gasteiger partial charge in [-0.1, -0.05) is 23.7 Å². The highest BCUT2D eigenvalue weighted by Crippen LogP contribution is 2.39. The molecule has 13 heteroatoms. The Balaban J connectivity index is 1.70. The second-order valence-electron chi connectivity index (χ2n) is 9.78. The second kappa shape index (κ2) is 14.1. The number of benzene rings is 1. The average molecular weight is 634 g/mol. The average Bonchev–Trinajstić information content (AvgIpc) is 3.39. The molecule has 1 saturated heterocycles. The number of carbonyl (C=O) groups is 4. The van der Waals surface area contributed by atoms with E-state index in [9.17, 15) is 23.6 Å². The smallest absolute Gasteiger partial charge is 0.303 e. The summed E-state index contributed by atoms with van der Waals surface area (Å²) in [6.07, 6.45) is -3.97. The number of ether oxygens (including phenoxy) is 5. The zero-order valence-electron chi connectivity index (χ0n) is 23.7. The van der Waals surface area contributed by atoms with Crippen LogP contribution in [0.4, 0.5) is 4.39 Å². The molecule has 1 aliphatic heterocycles. The van der Waals surface area contributed by atoms with Gasteiger partial charge in [0.2, 0.25) is 5.95 Å². The summed E-state index contributed by atoms with van der Waals surface area (Å²) in [5.74, 6) is -3.28. The van der Waals surface area contributed by atoms with E-state index in [1.54, 1.807) is 24.3 Å². The van der Waals surface area contributed by atoms with Crippen LogP contribution < -0.4 is 0 Å². The highest BCUT2D eigenvalue weighted by molar-refractivity contribution is 7.15. The van der Waals surface area contributed by atoms with E-state index in [2.05, 4.69) is 4.98 Å². The van der Waals surface area contributed by atoms with Gasteiger partial charge in [-0.15, -0.1) is 11.3 Å². The van der Waals surface area contributed by atoms with Crippen LogP contribution in [0.1, 0.15) is 49.8 Å². The van der Waals surface area contributed by atoms with Gasteiger partial charge < -0.3 is 23.7 Å². The van der Waals surface area contributed by atoms with Gasteiger partial charge in [0.05, 0.1) is 0 Å². The Morgan fingerprint density at radius 1 is 0.884 bits per heavy atom. The summed E-state index contributed by atoms with van der Waals surface area (Å²) in [6, 6.07) is 11.9. The molecule has 228 valence electrons. The lowest BCUT2D eigenvalue weighted by Crippen LogP contribution is -2.59. The number of aromatic nitrogens is 1. The van der Waals surface area contributed by atoms with Crippen molar-refractivity contribution in [3.63, 3.8) is 0 Å². The summed E-state index contributed by atoms with van der Waals surface area (Å²) in [6.45, 7) is 4.39. The number of hydrogen-bond acceptors (Lipinski definition) is 11. The minimum absolute atomic E-state index is 0.328. The maximum atomic E-state index is 13.3. The van der Waals surface area contributed by atoms with Crippen molar-refractivity contribution in [2.24, 2.45) is 0 Å². The number of nitrogens with zero attached hydrogens (tertiary/aromatic N) is 1. The number of esters is 4. The predicted molar refractivity (Wildman–Crippen MR) is 153 cm³/mol. The first-order valence-corrected chi connectivity index (χ1v) is 14.4. The Morgan fingerprint density at radius 3 is 2.19 bits per heavy atom. The molecule has 0 aliphatic carbocycles. The molecule has 4 rings (SSSR count). The predicted octanol–water partition coefficient (Wildman–Crippen LogP) is 4.99. The highest BCUT2D eigenvalue weighted by Gasteiger charge is 2.52. The number of rotatable bonds is 9. The molecule has 43 heavy (non-hydrogen) atoms. The Bertz CT molecular complexity index is 1490. The first-order valence-electron chi connectivity index (χ1n) is 13.2. The summed E-state index contributed by atoms with van der Waals surface area (Å²) < 4.78 is 41.3. The van der Waals surface area contributed by atoms with Crippen molar-refractivity contribution in [3.8, 4) is 10.4 Å². The molecule has 1 aromatic carbocycles. The summed E-state index contributed by atoms with van der Waals surface area (Å²) in [7, 11) is 0. The van der Waals surface area contributed by atoms with Crippen molar-refractivity contribution in [3.05, 3.63) is 75.6 Å². The van der Waals surface area contributed by atoms with Gasteiger partial charge in [0.1, 0.15) is 18.8 Å². The first kappa shape index (κ1) is 32.1. The molecule has 3 aromatic rings. The molecule has 0 spiro atoms. The van der Waals surface area contributed by atoms with Crippen molar-refractivity contribution in [1.82, 2.24) is 4.98 Å². The molecule has 2 unspecified atom stereocenters. The standard InChI is InChI=1S/C30H29ClFNO9S/c1-15(34)38-14-24-28(39-16(2)35)30(41-18(4)37)29(40-17(3)36)27(42-24)19-5-8-23(31)21(11-19)12-22-7-9-25(43-22)20-6-10-26(32)33-13-20/h5-11,13,24,27-30H,12,14H2,1-4H3/t24?,27?,28-,29-,30+/m1/s1. The number of pyridine rings is 1. The number of thiophene rings is 1. The molecule has 0 amide bonds. The topological polar surface area (TPSA) is 127 Å². The number of hydrogen-bond donors (Lipinski definition) is 0. The largest absolute Gasteiger partial charge is 0.463 e. The Morgan fingerprint density at radius 2 is 1.56 bits per heavy atom. The number of carbonyl (C=O) groups excluding carboxylic acids is 4. The lowest BCUT2D eigenvalue weighted by Gasteiger charge is -2.44. The molecule has 0 bridgehead atoms. The SMILES string of the molecule is CC(=O)OCC1OC(c2ccc(Cl)c(Cc3ccc(-c4ccc(F)nc4)s3)c2)[C@@H](OC(C)=O)[C@@H](OC(C)=O)[C@@H]1OC(C)=O. The van der Waals surface area contributed by atoms with Crippen molar-refractivity contribution in [2.45, 2.75) is 64.6 Å². The van der Waals surface area contributed by atoms with Crippen LogP contribution in [0.15, 0.2) is 48.7 Å². The van der Waals surface area contributed by atoms with Gasteiger partial charge in [-0.25, -0.2) is 4.98 Å². The third-order valence-electron chi connectivity index (χ3n) is 6.43. The van der Waals surface area contributed by atoms with Gasteiger partial charge in [0.25, 0.3) is 0 Å². The zero-order chi connectivity index (χ0) is 31.3. The lowest BCUT2D eigenvalue weighted by molar-refractivity contribution is -0.254. The van der Waals surface area contributed by atoms with Crippen molar-refractivity contribution < 1.29 is 47.3 Å². The summed E-state index contributed by atoms with van der Waals surface area (Å²) in [5, 5.41) is 0.466. The van der Waals surface area contributed by atoms with Crippen LogP contribution >= 0.6 is 22.9 Å². The fourth-order valence-corrected chi connectivity index (χ4v) is 5.95. The van der Waals surface area contributed by atoms with Crippen LogP contribution in [0.5, 0.6) is 0 Å². The minimum Gasteiger partial charge on any atom is -0.463 e. The third kappa shape index (κ3) is 8.37. The van der Waals surface area contributed by atoms with E-state index >= 15 is 0 Å². The second-order valence-corrected chi connectivity index (χ2v) is 11.4. The Labute approximate surface area is 256 Å². The zero-order valence-corrected chi connectivity index (χ0v) is 25.3. The van der Waals surface area contributed by atoms with Gasteiger partial charge in [-0.3, -0.25) is 19.2 Å². The molecular weight excluding hydrogens is 605 g/mol. The van der Waals surface area contributed by atoms with Gasteiger partial charge >= 0.3 is 23.9 Å². The summed E-state index contributed by atoms with van der Waals surface area (Å²) in [4.78, 5) is 53.5. The van der Waals surface area contributed by atoms with Gasteiger partial charge in [0, 0.05) is 60.7 Å². The van der Waals surface area contributed by atoms with E-state index < -0.39 is 60.3 Å². The molecule has 1 aliphatic rings. The van der Waals surface area contributed by atoms with E-state index in [4.69, 9.17) is 35.3 Å². The van der Waals surface area contributed by atoms with E-state index in [1.807, 2.05) is 12.1 Å². The first-order chi connectivity index (χ1) is 20.4. The monoisotopic (exact) mass is 633 g/mol. The number of halogens is 2. The molecule has 10 nitrogen and oxygen atoms in total. The van der Waals surface area contributed by atoms with Gasteiger partial charge in [-0.05, 0) is 41.5 Å². The van der Waals surface area contributed by atoms with E-state index in [1.165, 1.54) is 44.4 Å². The molecule has 3 heterocycles. The lowest BCUT2D eigenvalue weighted by atomic mass is 9.89. The maximum absolute atomic E-state index is 13.3. The van der Waals surface area contributed by atoms with Crippen molar-refractivity contribution in [1.29, 1.82) is 0 Å². The molecular formula is C30H29ClFNO9S. The van der Waals surface area contributed by atoms with Crippen LogP contribution in [0.3, 0.4) is 0 Å². The van der Waals surface area contributed by atoms with Crippen LogP contribution in [-0.4, -0.2) is 59.9 Å². The van der Waals surface area contributed by atoms with E-state index in [0.29, 0.717) is 17.0 Å². The Hall–Kier alpha value is -3.87. The quantitative estimate of drug-likeness (QED) is 0.181. The summed E-state index contributed by atoms with van der Waals surface area (Å²) in [5.41, 5.74) is 2.02. The maximum Gasteiger partial charge on any atom is 0.303 e. The highest BCUT2D eigenvalue weighted by atomic mass is 35.5. The van der Waals surface area contributed by atoms with Crippen molar-refractivity contribution in [2.75, 3.05) is 6.61 Å². The van der Waals surface area contributed by atoms with Gasteiger partial charge in [0.15, 0.2) is 18.3 Å². The molecule has 1 fully saturated rings. The molecule has 5 atom stereocenters. The summed E-state index contributed by atoms with van der Waals surface area (Å²) >= 11 is 8.07. The third-order valence-corrected chi connectivity index (χ3v) is 7.93. The minimum atomic E-state index is -1.28. The van der Waals surface area contributed by atoms with Crippen LogP contribution in [0.2, 0.25) is 5.02 Å². The van der Waals surface area contributed by atoms with E-state index in [-0.39, 0.29) is 6.61 Å². The van der Waals surface area contributed by atoms with Crippen LogP contribution in [-0.2, 0) is 49.3 Å². The van der Waals surface area contributed by atoms with Crippen molar-refractivity contribution >= 4 is 46.8 Å². The fraction of sp³-hybridized carbons (Fsp3) is 0.367. The van der Waals surface area contributed by atoms with Crippen LogP contribution in [0, 0.1) is 5.95 Å². The Kier molecular flexibility index (Phi) is 10.5. The molecule has 0 N–H and O–H groups in total. The molecule has 0 radical (unpaired) electrons. The van der Waals surface area contributed by atoms with Gasteiger partial charge in [-0.2, -0.15) is 4.39 Å². The fourth-order valence-electron chi connectivity index (χ4n) is 4.74. The normalized spacial score (nSPS) is 21.5. The molecule has 2 aromatic heterocycles. The van der Waals surface area contributed by atoms with E-state index in [0.717, 1.165) is 27.8 Å². The molecule has 0 saturated carbocycles.